The summed E-state index contributed by atoms with van der Waals surface area (Å²) in [7, 11) is 0. The topological polar surface area (TPSA) is 77.8 Å². The molecule has 0 aromatic rings. The summed E-state index contributed by atoms with van der Waals surface area (Å²) in [4.78, 5) is 9.83. The third-order valence-corrected chi connectivity index (χ3v) is 0.857. The van der Waals surface area contributed by atoms with Crippen LogP contribution in [0.4, 0.5) is 0 Å². The van der Waals surface area contributed by atoms with Crippen LogP contribution in [0.15, 0.2) is 0 Å². The molecule has 0 radical (unpaired) electrons. The molecule has 0 bridgehead atoms. The molecule has 4 heteroatoms. The Labute approximate surface area is 54.1 Å². The van der Waals surface area contributed by atoms with E-state index in [1.165, 1.54) is 0 Å². The van der Waals surface area contributed by atoms with E-state index in [0.29, 0.717) is 0 Å². The van der Waals surface area contributed by atoms with Gasteiger partial charge >= 0.3 is 0 Å². The van der Waals surface area contributed by atoms with Crippen LogP contribution < -0.4 is 0 Å². The Bertz CT molecular complexity index is 108. The fourth-order valence-electron chi connectivity index (χ4n) is 0.317. The molecule has 0 saturated carbocycles. The maximum absolute atomic E-state index is 9.83. The minimum Gasteiger partial charge on any atom is -0.394 e. The van der Waals surface area contributed by atoms with Crippen LogP contribution in [0.1, 0.15) is 7.77 Å². The fraction of sp³-hybridized carbons (Fsp3) is 0.800. The molecule has 0 saturated heterocycles. The second kappa shape index (κ2) is 4.43. The van der Waals surface area contributed by atoms with Crippen molar-refractivity contribution in [2.45, 2.75) is 18.6 Å². The van der Waals surface area contributed by atoms with Gasteiger partial charge in [-0.05, 0) is 0 Å². The van der Waals surface area contributed by atoms with Crippen molar-refractivity contribution in [3.05, 3.63) is 0 Å². The van der Waals surface area contributed by atoms with E-state index in [4.69, 9.17) is 16.7 Å². The molecule has 54 valence electrons. The number of carbonyl (C=O) groups excluding carboxylic acids is 1. The molecular weight excluding hydrogens is 124 g/mol. The zero-order chi connectivity index (χ0) is 8.15. The van der Waals surface area contributed by atoms with Gasteiger partial charge in [-0.25, -0.2) is 0 Å². The van der Waals surface area contributed by atoms with Crippen LogP contribution in [0.2, 0.25) is 0 Å². The van der Waals surface area contributed by atoms with Gasteiger partial charge in [-0.1, -0.05) is 0 Å². The first-order valence-electron chi connectivity index (χ1n) is 3.05. The van der Waals surface area contributed by atoms with Crippen molar-refractivity contribution in [2.24, 2.45) is 0 Å². The first kappa shape index (κ1) is 6.67. The monoisotopic (exact) mass is 135 g/mol. The molecule has 0 amide bonds. The van der Waals surface area contributed by atoms with Crippen molar-refractivity contribution in [3.63, 3.8) is 0 Å². The highest BCUT2D eigenvalue weighted by Gasteiger charge is 2.13. The van der Waals surface area contributed by atoms with Crippen LogP contribution >= 0.6 is 0 Å². The lowest BCUT2D eigenvalue weighted by Crippen LogP contribution is -2.29. The van der Waals surface area contributed by atoms with E-state index in [1.54, 1.807) is 0 Å². The van der Waals surface area contributed by atoms with Gasteiger partial charge in [0.2, 0.25) is 0 Å². The molecule has 3 N–H and O–H groups in total. The van der Waals surface area contributed by atoms with Crippen molar-refractivity contribution < 1.29 is 21.5 Å². The van der Waals surface area contributed by atoms with E-state index >= 15 is 0 Å². The van der Waals surface area contributed by atoms with E-state index < -0.39 is 25.2 Å². The average molecular weight is 135 g/mol. The molecule has 0 aliphatic rings. The number of aliphatic hydroxyl groups is 3. The Morgan fingerprint density at radius 1 is 1.56 bits per heavy atom. The molecule has 0 fully saturated rings. The molecular formula is C5H10O4. The maximum Gasteiger partial charge on any atom is 0.122 e. The highest BCUT2D eigenvalue weighted by Crippen LogP contribution is 1.94. The van der Waals surface area contributed by atoms with Gasteiger partial charge in [-0.3, -0.25) is 0 Å². The Kier molecular flexibility index (Phi) is 3.28. The molecule has 0 aromatic carbocycles. The van der Waals surface area contributed by atoms with Crippen molar-refractivity contribution in [2.75, 3.05) is 6.61 Å². The van der Waals surface area contributed by atoms with Gasteiger partial charge in [0.15, 0.2) is 0 Å². The van der Waals surface area contributed by atoms with Gasteiger partial charge in [0.1, 0.15) is 12.4 Å². The van der Waals surface area contributed by atoms with E-state index in [0.717, 1.165) is 0 Å². The highest BCUT2D eigenvalue weighted by atomic mass is 16.4. The molecule has 0 rings (SSSR count). The number of carbonyl (C=O) groups is 1. The van der Waals surface area contributed by atoms with Gasteiger partial charge in [0, 0.05) is 7.77 Å². The molecule has 0 aliphatic carbocycles. The standard InChI is InChI=1S/C5H10O4/c6-2-1-4(8)5(9)3-7/h2,4-5,7-9H,1,3H2/t4-,5-/m1/s1/i1D/t1-,4-,5-. The van der Waals surface area contributed by atoms with Gasteiger partial charge in [-0.15, -0.1) is 0 Å². The Morgan fingerprint density at radius 2 is 2.11 bits per heavy atom. The first-order valence-corrected chi connectivity index (χ1v) is 2.48. The highest BCUT2D eigenvalue weighted by molar-refractivity contribution is 5.50. The van der Waals surface area contributed by atoms with Crippen molar-refractivity contribution in [3.8, 4) is 0 Å². The van der Waals surface area contributed by atoms with Gasteiger partial charge in [0.25, 0.3) is 0 Å². The summed E-state index contributed by atoms with van der Waals surface area (Å²) < 4.78 is 6.77. The summed E-state index contributed by atoms with van der Waals surface area (Å²) in [5.74, 6) is 0. The second-order valence-electron chi connectivity index (χ2n) is 1.57. The average Bonchev–Trinajstić information content (AvgIpc) is 2.00. The molecule has 0 heterocycles. The van der Waals surface area contributed by atoms with Gasteiger partial charge in [0.05, 0.1) is 12.7 Å². The molecule has 0 spiro atoms. The molecule has 0 unspecified atom stereocenters. The lowest BCUT2D eigenvalue weighted by Gasteiger charge is -2.11. The van der Waals surface area contributed by atoms with Crippen LogP contribution in [0, 0.1) is 0 Å². The normalized spacial score (nSPS) is 21.9. The third kappa shape index (κ3) is 3.18. The Balaban J connectivity index is 3.80. The predicted molar refractivity (Wildman–Crippen MR) is 29.8 cm³/mol. The largest absolute Gasteiger partial charge is 0.394 e. The summed E-state index contributed by atoms with van der Waals surface area (Å²) in [6.45, 7) is -0.648. The molecule has 9 heavy (non-hydrogen) atoms. The van der Waals surface area contributed by atoms with E-state index in [1.807, 2.05) is 0 Å². The zero-order valence-corrected chi connectivity index (χ0v) is 4.77. The number of aldehydes is 1. The molecule has 3 atom stereocenters. The molecule has 0 aliphatic heterocycles. The minimum atomic E-state index is -1.50. The summed E-state index contributed by atoms with van der Waals surface area (Å²) >= 11 is 0. The van der Waals surface area contributed by atoms with Gasteiger partial charge < -0.3 is 20.1 Å². The predicted octanol–water partition coefficient (Wildman–Crippen LogP) is -1.71. The van der Waals surface area contributed by atoms with Crippen LogP contribution in [0.3, 0.4) is 0 Å². The van der Waals surface area contributed by atoms with Crippen molar-refractivity contribution in [1.29, 1.82) is 0 Å². The first-order chi connectivity index (χ1) is 4.63. The maximum atomic E-state index is 9.83. The van der Waals surface area contributed by atoms with Crippen LogP contribution in [-0.2, 0) is 4.79 Å². The van der Waals surface area contributed by atoms with Crippen LogP contribution in [0.5, 0.6) is 0 Å². The Hall–Kier alpha value is -0.450. The fourth-order valence-corrected chi connectivity index (χ4v) is 0.317. The number of hydrogen-bond acceptors (Lipinski definition) is 4. The van der Waals surface area contributed by atoms with Crippen molar-refractivity contribution in [1.82, 2.24) is 0 Å². The minimum absolute atomic E-state index is 0.198. The van der Waals surface area contributed by atoms with Crippen molar-refractivity contribution >= 4 is 6.29 Å². The summed E-state index contributed by atoms with van der Waals surface area (Å²) in [5, 5.41) is 25.6. The van der Waals surface area contributed by atoms with Crippen LogP contribution in [0.25, 0.3) is 0 Å². The van der Waals surface area contributed by atoms with Gasteiger partial charge in [-0.2, -0.15) is 0 Å². The number of rotatable bonds is 4. The lowest BCUT2D eigenvalue weighted by atomic mass is 10.2. The SMILES string of the molecule is [2H][C@H](C=O)[C@@H](O)[C@H](O)CO. The lowest BCUT2D eigenvalue weighted by molar-refractivity contribution is -0.111. The van der Waals surface area contributed by atoms with E-state index in [-0.39, 0.29) is 6.29 Å². The molecule has 0 aromatic heterocycles. The summed E-state index contributed by atoms with van der Waals surface area (Å²) in [6, 6.07) is 0. The second-order valence-corrected chi connectivity index (χ2v) is 1.57. The van der Waals surface area contributed by atoms with Crippen LogP contribution in [-0.4, -0.2) is 40.4 Å². The Morgan fingerprint density at radius 3 is 2.44 bits per heavy atom. The smallest absolute Gasteiger partial charge is 0.122 e. The summed E-state index contributed by atoms with van der Waals surface area (Å²) in [6.07, 6.45) is -4.10. The third-order valence-electron chi connectivity index (χ3n) is 0.857. The number of aliphatic hydroxyl groups excluding tert-OH is 3. The quantitative estimate of drug-likeness (QED) is 0.401. The summed E-state index contributed by atoms with van der Waals surface area (Å²) in [5.41, 5.74) is 0. The zero-order valence-electron chi connectivity index (χ0n) is 5.77. The van der Waals surface area contributed by atoms with E-state index in [2.05, 4.69) is 0 Å². The molecule has 4 nitrogen and oxygen atoms in total. The number of hydrogen-bond donors (Lipinski definition) is 3. The van der Waals surface area contributed by atoms with E-state index in [9.17, 15) is 4.79 Å².